The van der Waals surface area contributed by atoms with Crippen LogP contribution in [0.15, 0.2) is 69.4 Å². The molecule has 0 aliphatic carbocycles. The fraction of sp³-hybridized carbons (Fsp3) is 0.333. The van der Waals surface area contributed by atoms with Gasteiger partial charge in [-0.2, -0.15) is 0 Å². The summed E-state index contributed by atoms with van der Waals surface area (Å²) in [4.78, 5) is 28.6. The van der Waals surface area contributed by atoms with Gasteiger partial charge in [0.15, 0.2) is 11.0 Å². The lowest BCUT2D eigenvalue weighted by Gasteiger charge is -2.31. The molecule has 0 atom stereocenters. The fourth-order valence-corrected chi connectivity index (χ4v) is 4.19. The number of fused-ring (bicyclic) bond motifs is 1. The Morgan fingerprint density at radius 2 is 1.81 bits per heavy atom. The molecule has 1 fully saturated rings. The Kier molecular flexibility index (Phi) is 6.56. The molecule has 2 heterocycles. The molecular weight excluding hydrogens is 400 g/mol. The molecule has 32 heavy (non-hydrogen) atoms. The van der Waals surface area contributed by atoms with Gasteiger partial charge in [-0.15, -0.1) is 0 Å². The third-order valence-corrected chi connectivity index (χ3v) is 6.11. The summed E-state index contributed by atoms with van der Waals surface area (Å²) >= 11 is 0. The standard InChI is InChI=1S/C27H30N2O3/c1-18(2)12-15-29-16-13-21(14-17-29)28-27(31)23-11-7-10-22-24(30)19(3)25(32-26(22)23)20-8-5-4-6-9-20/h4-12,21H,13-17H2,1-3H3,(H,28,31). The maximum atomic E-state index is 13.2. The average Bonchev–Trinajstić information content (AvgIpc) is 2.81. The number of carbonyl (C=O) groups is 1. The van der Waals surface area contributed by atoms with E-state index in [1.165, 1.54) is 5.57 Å². The van der Waals surface area contributed by atoms with Crippen LogP contribution in [0.2, 0.25) is 0 Å². The Labute approximate surface area is 188 Å². The topological polar surface area (TPSA) is 62.6 Å². The van der Waals surface area contributed by atoms with E-state index in [2.05, 4.69) is 30.1 Å². The Bertz CT molecular complexity index is 1200. The summed E-state index contributed by atoms with van der Waals surface area (Å²) in [5, 5.41) is 3.60. The molecule has 1 saturated heterocycles. The second-order valence-corrected chi connectivity index (χ2v) is 8.76. The van der Waals surface area contributed by atoms with Gasteiger partial charge in [-0.3, -0.25) is 14.5 Å². The van der Waals surface area contributed by atoms with Crippen LogP contribution in [0.25, 0.3) is 22.3 Å². The number of piperidine rings is 1. The van der Waals surface area contributed by atoms with E-state index in [4.69, 9.17) is 4.42 Å². The summed E-state index contributed by atoms with van der Waals surface area (Å²) < 4.78 is 6.20. The summed E-state index contributed by atoms with van der Waals surface area (Å²) in [6.45, 7) is 8.86. The van der Waals surface area contributed by atoms with Gasteiger partial charge in [-0.1, -0.05) is 48.0 Å². The van der Waals surface area contributed by atoms with Gasteiger partial charge in [0.05, 0.1) is 10.9 Å². The first-order chi connectivity index (χ1) is 15.4. The first kappa shape index (κ1) is 22.0. The minimum atomic E-state index is -0.190. The van der Waals surface area contributed by atoms with Crippen LogP contribution in [0, 0.1) is 6.92 Å². The van der Waals surface area contributed by atoms with Gasteiger partial charge < -0.3 is 9.73 Å². The number of nitrogens with one attached hydrogen (secondary N) is 1. The molecule has 5 nitrogen and oxygen atoms in total. The number of allylic oxidation sites excluding steroid dienone is 1. The second kappa shape index (κ2) is 9.53. The summed E-state index contributed by atoms with van der Waals surface area (Å²) in [5.41, 5.74) is 3.34. The normalized spacial score (nSPS) is 15.0. The van der Waals surface area contributed by atoms with Gasteiger partial charge in [0, 0.05) is 36.8 Å². The molecule has 4 rings (SSSR count). The average molecular weight is 431 g/mol. The van der Waals surface area contributed by atoms with Crippen molar-refractivity contribution in [2.45, 2.75) is 39.7 Å². The third-order valence-electron chi connectivity index (χ3n) is 6.11. The highest BCUT2D eigenvalue weighted by Gasteiger charge is 2.23. The molecule has 0 saturated carbocycles. The molecule has 1 aliphatic rings. The van der Waals surface area contributed by atoms with Gasteiger partial charge in [-0.25, -0.2) is 0 Å². The van der Waals surface area contributed by atoms with Crippen LogP contribution < -0.4 is 10.7 Å². The van der Waals surface area contributed by atoms with E-state index in [-0.39, 0.29) is 17.4 Å². The molecule has 0 unspecified atom stereocenters. The minimum Gasteiger partial charge on any atom is -0.455 e. The molecule has 166 valence electrons. The van der Waals surface area contributed by atoms with Crippen molar-refractivity contribution in [3.63, 3.8) is 0 Å². The number of rotatable bonds is 5. The number of amides is 1. The minimum absolute atomic E-state index is 0.104. The van der Waals surface area contributed by atoms with Crippen molar-refractivity contribution in [3.05, 3.63) is 81.5 Å². The molecule has 5 heteroatoms. The largest absolute Gasteiger partial charge is 0.455 e. The molecule has 1 aromatic heterocycles. The van der Waals surface area contributed by atoms with Crippen molar-refractivity contribution in [1.29, 1.82) is 0 Å². The SMILES string of the molecule is CC(C)=CCN1CCC(NC(=O)c2cccc3c(=O)c(C)c(-c4ccccc4)oc23)CC1. The van der Waals surface area contributed by atoms with Crippen LogP contribution in [-0.4, -0.2) is 36.5 Å². The van der Waals surface area contributed by atoms with Crippen LogP contribution in [0.3, 0.4) is 0 Å². The molecular formula is C27H30N2O3. The third kappa shape index (κ3) is 4.68. The van der Waals surface area contributed by atoms with Crippen LogP contribution in [0.5, 0.6) is 0 Å². The fourth-order valence-electron chi connectivity index (χ4n) is 4.19. The van der Waals surface area contributed by atoms with E-state index in [0.29, 0.717) is 27.9 Å². The summed E-state index contributed by atoms with van der Waals surface area (Å²) in [5.74, 6) is 0.320. The van der Waals surface area contributed by atoms with Gasteiger partial charge in [-0.05, 0) is 45.7 Å². The van der Waals surface area contributed by atoms with Crippen molar-refractivity contribution in [1.82, 2.24) is 10.2 Å². The molecule has 0 spiro atoms. The molecule has 0 bridgehead atoms. The van der Waals surface area contributed by atoms with Crippen molar-refractivity contribution in [2.75, 3.05) is 19.6 Å². The van der Waals surface area contributed by atoms with Crippen molar-refractivity contribution >= 4 is 16.9 Å². The zero-order valence-corrected chi connectivity index (χ0v) is 19.0. The molecule has 3 aromatic rings. The maximum Gasteiger partial charge on any atom is 0.255 e. The van der Waals surface area contributed by atoms with Gasteiger partial charge in [0.25, 0.3) is 5.91 Å². The first-order valence-electron chi connectivity index (χ1n) is 11.2. The highest BCUT2D eigenvalue weighted by Crippen LogP contribution is 2.27. The predicted molar refractivity (Wildman–Crippen MR) is 129 cm³/mol. The summed E-state index contributed by atoms with van der Waals surface area (Å²) in [6, 6.07) is 14.9. The lowest BCUT2D eigenvalue weighted by Crippen LogP contribution is -2.44. The molecule has 2 aromatic carbocycles. The predicted octanol–water partition coefficient (Wildman–Crippen LogP) is 4.93. The summed E-state index contributed by atoms with van der Waals surface area (Å²) in [6.07, 6.45) is 4.06. The lowest BCUT2D eigenvalue weighted by molar-refractivity contribution is 0.0914. The van der Waals surface area contributed by atoms with Crippen LogP contribution in [0.4, 0.5) is 0 Å². The zero-order valence-electron chi connectivity index (χ0n) is 19.0. The van der Waals surface area contributed by atoms with E-state index in [1.807, 2.05) is 30.3 Å². The van der Waals surface area contributed by atoms with Gasteiger partial charge in [0.1, 0.15) is 5.76 Å². The number of hydrogen-bond donors (Lipinski definition) is 1. The molecule has 1 aliphatic heterocycles. The number of likely N-dealkylation sites (tertiary alicyclic amines) is 1. The number of para-hydroxylation sites is 1. The van der Waals surface area contributed by atoms with Crippen LogP contribution in [0.1, 0.15) is 42.6 Å². The Morgan fingerprint density at radius 3 is 2.50 bits per heavy atom. The van der Waals surface area contributed by atoms with E-state index in [9.17, 15) is 9.59 Å². The Balaban J connectivity index is 1.58. The zero-order chi connectivity index (χ0) is 22.7. The van der Waals surface area contributed by atoms with E-state index in [0.717, 1.165) is 38.0 Å². The highest BCUT2D eigenvalue weighted by atomic mass is 16.3. The number of hydrogen-bond acceptors (Lipinski definition) is 4. The smallest absolute Gasteiger partial charge is 0.255 e. The first-order valence-corrected chi connectivity index (χ1v) is 11.2. The number of nitrogens with zero attached hydrogens (tertiary/aromatic N) is 1. The number of benzene rings is 2. The van der Waals surface area contributed by atoms with Crippen molar-refractivity contribution in [3.8, 4) is 11.3 Å². The van der Waals surface area contributed by atoms with Crippen LogP contribution in [-0.2, 0) is 0 Å². The van der Waals surface area contributed by atoms with E-state index in [1.54, 1.807) is 25.1 Å². The quantitative estimate of drug-likeness (QED) is 0.583. The lowest BCUT2D eigenvalue weighted by atomic mass is 10.0. The van der Waals surface area contributed by atoms with E-state index >= 15 is 0 Å². The maximum absolute atomic E-state index is 13.2. The van der Waals surface area contributed by atoms with Gasteiger partial charge in [0.2, 0.25) is 0 Å². The molecule has 0 radical (unpaired) electrons. The van der Waals surface area contributed by atoms with E-state index < -0.39 is 0 Å². The van der Waals surface area contributed by atoms with Crippen molar-refractivity contribution in [2.24, 2.45) is 0 Å². The molecule has 1 amide bonds. The summed E-state index contributed by atoms with van der Waals surface area (Å²) in [7, 11) is 0. The highest BCUT2D eigenvalue weighted by molar-refractivity contribution is 6.05. The Morgan fingerprint density at radius 1 is 1.09 bits per heavy atom. The number of carbonyl (C=O) groups excluding carboxylic acids is 1. The van der Waals surface area contributed by atoms with Crippen LogP contribution >= 0.6 is 0 Å². The molecule has 1 N–H and O–H groups in total. The monoisotopic (exact) mass is 430 g/mol. The van der Waals surface area contributed by atoms with Crippen molar-refractivity contribution < 1.29 is 9.21 Å². The van der Waals surface area contributed by atoms with Gasteiger partial charge >= 0.3 is 0 Å². The Hall–Kier alpha value is -3.18. The second-order valence-electron chi connectivity index (χ2n) is 8.76.